The van der Waals surface area contributed by atoms with E-state index >= 15 is 0 Å². The molecule has 0 saturated heterocycles. The zero-order valence-electron chi connectivity index (χ0n) is 15.1. The van der Waals surface area contributed by atoms with Gasteiger partial charge in [-0.15, -0.1) is 0 Å². The summed E-state index contributed by atoms with van der Waals surface area (Å²) in [5.41, 5.74) is 3.34. The van der Waals surface area contributed by atoms with Crippen LogP contribution in [0.2, 0.25) is 0 Å². The number of hydrogen-bond donors (Lipinski definition) is 2. The highest BCUT2D eigenvalue weighted by Crippen LogP contribution is 2.12. The Kier molecular flexibility index (Phi) is 5.02. The summed E-state index contributed by atoms with van der Waals surface area (Å²) in [6.45, 7) is 3.95. The predicted octanol–water partition coefficient (Wildman–Crippen LogP) is 2.65. The average Bonchev–Trinajstić information content (AvgIpc) is 3.03. The molecule has 1 atom stereocenters. The van der Waals surface area contributed by atoms with Crippen LogP contribution in [-0.2, 0) is 11.3 Å². The van der Waals surface area contributed by atoms with Gasteiger partial charge in [0.25, 0.3) is 5.91 Å². The van der Waals surface area contributed by atoms with Crippen molar-refractivity contribution in [3.8, 4) is 0 Å². The second kappa shape index (κ2) is 7.39. The molecular formula is C20H22N4O2. The van der Waals surface area contributed by atoms with Gasteiger partial charge in [0.2, 0.25) is 5.91 Å². The van der Waals surface area contributed by atoms with Gasteiger partial charge in [0.05, 0.1) is 17.6 Å². The number of fused-ring (bicyclic) bond motifs is 1. The van der Waals surface area contributed by atoms with E-state index in [0.29, 0.717) is 17.9 Å². The Morgan fingerprint density at radius 1 is 1.19 bits per heavy atom. The number of rotatable bonds is 5. The van der Waals surface area contributed by atoms with Crippen molar-refractivity contribution in [3.05, 3.63) is 65.5 Å². The van der Waals surface area contributed by atoms with E-state index < -0.39 is 6.04 Å². The van der Waals surface area contributed by atoms with E-state index in [1.807, 2.05) is 43.3 Å². The molecule has 0 bridgehead atoms. The number of aromatic nitrogens is 2. The highest BCUT2D eigenvalue weighted by Gasteiger charge is 2.21. The van der Waals surface area contributed by atoms with Crippen LogP contribution in [0.5, 0.6) is 0 Å². The summed E-state index contributed by atoms with van der Waals surface area (Å²) in [4.78, 5) is 34.1. The van der Waals surface area contributed by atoms with Crippen LogP contribution in [0.25, 0.3) is 11.0 Å². The summed E-state index contributed by atoms with van der Waals surface area (Å²) in [6.07, 6.45) is 0. The number of nitrogens with zero attached hydrogens (tertiary/aromatic N) is 2. The maximum absolute atomic E-state index is 12.6. The van der Waals surface area contributed by atoms with Gasteiger partial charge in [-0.3, -0.25) is 9.59 Å². The first kappa shape index (κ1) is 17.7. The minimum absolute atomic E-state index is 0.175. The minimum atomic E-state index is -0.627. The highest BCUT2D eigenvalue weighted by atomic mass is 16.2. The number of para-hydroxylation sites is 2. The molecule has 26 heavy (non-hydrogen) atoms. The van der Waals surface area contributed by atoms with Gasteiger partial charge in [-0.05, 0) is 38.1 Å². The van der Waals surface area contributed by atoms with Crippen molar-refractivity contribution in [2.24, 2.45) is 0 Å². The lowest BCUT2D eigenvalue weighted by molar-refractivity contribution is -0.132. The molecule has 0 aliphatic carbocycles. The Labute approximate surface area is 152 Å². The molecule has 3 rings (SSSR count). The van der Waals surface area contributed by atoms with Crippen molar-refractivity contribution in [1.82, 2.24) is 20.2 Å². The van der Waals surface area contributed by atoms with E-state index in [-0.39, 0.29) is 11.8 Å². The molecule has 0 aliphatic heterocycles. The van der Waals surface area contributed by atoms with Crippen LogP contribution in [0, 0.1) is 6.92 Å². The van der Waals surface area contributed by atoms with Gasteiger partial charge in [-0.1, -0.05) is 29.8 Å². The molecular weight excluding hydrogens is 328 g/mol. The summed E-state index contributed by atoms with van der Waals surface area (Å²) in [5.74, 6) is 0.275. The second-order valence-corrected chi connectivity index (χ2v) is 6.46. The fourth-order valence-electron chi connectivity index (χ4n) is 2.84. The number of hydrogen-bond acceptors (Lipinski definition) is 3. The van der Waals surface area contributed by atoms with Gasteiger partial charge in [-0.25, -0.2) is 4.98 Å². The lowest BCUT2D eigenvalue weighted by atomic mass is 10.1. The smallest absolute Gasteiger partial charge is 0.251 e. The van der Waals surface area contributed by atoms with Gasteiger partial charge < -0.3 is 15.2 Å². The lowest BCUT2D eigenvalue weighted by Gasteiger charge is -2.21. The van der Waals surface area contributed by atoms with Crippen molar-refractivity contribution in [3.63, 3.8) is 0 Å². The molecule has 6 heteroatoms. The number of imidazole rings is 1. The fourth-order valence-corrected chi connectivity index (χ4v) is 2.84. The van der Waals surface area contributed by atoms with E-state index in [1.54, 1.807) is 31.0 Å². The number of aryl methyl sites for hydroxylation is 1. The lowest BCUT2D eigenvalue weighted by Crippen LogP contribution is -2.45. The molecule has 1 aromatic heterocycles. The largest absolute Gasteiger partial charge is 0.341 e. The number of benzene rings is 2. The van der Waals surface area contributed by atoms with Gasteiger partial charge in [0.1, 0.15) is 11.9 Å². The number of carbonyl (C=O) groups excluding carboxylic acids is 2. The van der Waals surface area contributed by atoms with Crippen molar-refractivity contribution < 1.29 is 9.59 Å². The zero-order valence-corrected chi connectivity index (χ0v) is 15.1. The predicted molar refractivity (Wildman–Crippen MR) is 101 cm³/mol. The first-order chi connectivity index (χ1) is 12.4. The summed E-state index contributed by atoms with van der Waals surface area (Å²) in [7, 11) is 1.70. The molecule has 0 fully saturated rings. The molecule has 0 radical (unpaired) electrons. The minimum Gasteiger partial charge on any atom is -0.341 e. The Bertz CT molecular complexity index is 915. The Morgan fingerprint density at radius 2 is 1.96 bits per heavy atom. The van der Waals surface area contributed by atoms with Crippen LogP contribution in [0.3, 0.4) is 0 Å². The molecule has 0 aliphatic rings. The van der Waals surface area contributed by atoms with Crippen LogP contribution >= 0.6 is 0 Å². The number of amides is 2. The maximum Gasteiger partial charge on any atom is 0.251 e. The third kappa shape index (κ3) is 3.91. The van der Waals surface area contributed by atoms with E-state index in [9.17, 15) is 9.59 Å². The number of aromatic amines is 1. The average molecular weight is 350 g/mol. The summed E-state index contributed by atoms with van der Waals surface area (Å²) in [5, 5.41) is 2.76. The molecule has 2 N–H and O–H groups in total. The fraction of sp³-hybridized carbons (Fsp3) is 0.250. The molecule has 0 saturated carbocycles. The van der Waals surface area contributed by atoms with Crippen LogP contribution < -0.4 is 5.32 Å². The number of likely N-dealkylation sites (N-methyl/N-ethyl adjacent to an activating group) is 1. The van der Waals surface area contributed by atoms with Crippen LogP contribution in [0.1, 0.15) is 28.7 Å². The van der Waals surface area contributed by atoms with Gasteiger partial charge in [0, 0.05) is 12.6 Å². The monoisotopic (exact) mass is 350 g/mol. The standard InChI is InChI=1S/C20H22N4O2/c1-13-7-6-8-15(11-13)19(25)21-14(2)20(26)24(3)12-18-22-16-9-4-5-10-17(16)23-18/h4-11,14H,12H2,1-3H3,(H,21,25)(H,22,23). The number of H-pyrrole nitrogens is 1. The highest BCUT2D eigenvalue weighted by molar-refractivity contribution is 5.97. The van der Waals surface area contributed by atoms with Gasteiger partial charge >= 0.3 is 0 Å². The molecule has 2 amide bonds. The van der Waals surface area contributed by atoms with Crippen LogP contribution in [0.4, 0.5) is 0 Å². The third-order valence-corrected chi connectivity index (χ3v) is 4.20. The molecule has 1 heterocycles. The quantitative estimate of drug-likeness (QED) is 0.742. The third-order valence-electron chi connectivity index (χ3n) is 4.20. The summed E-state index contributed by atoms with van der Waals surface area (Å²) < 4.78 is 0. The zero-order chi connectivity index (χ0) is 18.7. The maximum atomic E-state index is 12.6. The van der Waals surface area contributed by atoms with E-state index in [2.05, 4.69) is 15.3 Å². The van der Waals surface area contributed by atoms with Crippen molar-refractivity contribution in [2.75, 3.05) is 7.05 Å². The van der Waals surface area contributed by atoms with Crippen molar-refractivity contribution in [1.29, 1.82) is 0 Å². The van der Waals surface area contributed by atoms with E-state index in [0.717, 1.165) is 16.6 Å². The molecule has 1 unspecified atom stereocenters. The molecule has 6 nitrogen and oxygen atoms in total. The van der Waals surface area contributed by atoms with Crippen molar-refractivity contribution >= 4 is 22.8 Å². The summed E-state index contributed by atoms with van der Waals surface area (Å²) in [6, 6.07) is 14.4. The topological polar surface area (TPSA) is 78.1 Å². The Morgan fingerprint density at radius 3 is 2.69 bits per heavy atom. The van der Waals surface area contributed by atoms with Gasteiger partial charge in [0.15, 0.2) is 0 Å². The van der Waals surface area contributed by atoms with Crippen LogP contribution in [0.15, 0.2) is 48.5 Å². The number of carbonyl (C=O) groups is 2. The molecule has 0 spiro atoms. The Balaban J connectivity index is 1.62. The molecule has 3 aromatic rings. The van der Waals surface area contributed by atoms with E-state index in [4.69, 9.17) is 0 Å². The molecule has 2 aromatic carbocycles. The summed E-state index contributed by atoms with van der Waals surface area (Å²) >= 11 is 0. The van der Waals surface area contributed by atoms with Crippen LogP contribution in [-0.4, -0.2) is 39.8 Å². The van der Waals surface area contributed by atoms with E-state index in [1.165, 1.54) is 0 Å². The van der Waals surface area contributed by atoms with Gasteiger partial charge in [-0.2, -0.15) is 0 Å². The first-order valence-corrected chi connectivity index (χ1v) is 8.50. The normalized spacial score (nSPS) is 12.0. The SMILES string of the molecule is Cc1cccc(C(=O)NC(C)C(=O)N(C)Cc2nc3ccccc3[nH]2)c1. The first-order valence-electron chi connectivity index (χ1n) is 8.50. The second-order valence-electron chi connectivity index (χ2n) is 6.46. The number of nitrogens with one attached hydrogen (secondary N) is 2. The Hall–Kier alpha value is -3.15. The van der Waals surface area contributed by atoms with Crippen molar-refractivity contribution in [2.45, 2.75) is 26.4 Å². The molecule has 134 valence electrons.